The van der Waals surface area contributed by atoms with Crippen molar-refractivity contribution in [1.82, 2.24) is 0 Å². The summed E-state index contributed by atoms with van der Waals surface area (Å²) in [6.45, 7) is 1.48. The first-order valence-electron chi connectivity index (χ1n) is 2.40. The maximum Gasteiger partial charge on any atom is 0.128 e. The zero-order valence-electron chi connectivity index (χ0n) is 5.00. The first-order valence-corrected chi connectivity index (χ1v) is 2.40. The van der Waals surface area contributed by atoms with Crippen LogP contribution in [0.3, 0.4) is 0 Å². The Balaban J connectivity index is 4.18. The van der Waals surface area contributed by atoms with Crippen molar-refractivity contribution >= 4 is 0 Å². The molecule has 0 aromatic carbocycles. The van der Waals surface area contributed by atoms with Crippen LogP contribution in [0.1, 0.15) is 6.92 Å². The second kappa shape index (κ2) is 3.65. The number of nitrogens with zero attached hydrogens (tertiary/aromatic N) is 2. The Kier molecular flexibility index (Phi) is 3.12. The van der Waals surface area contributed by atoms with E-state index in [4.69, 9.17) is 15.6 Å². The van der Waals surface area contributed by atoms with Gasteiger partial charge in [-0.3, -0.25) is 0 Å². The summed E-state index contributed by atoms with van der Waals surface area (Å²) in [6.07, 6.45) is 0.472. The first kappa shape index (κ1) is 7.68. The van der Waals surface area contributed by atoms with E-state index >= 15 is 0 Å². The molecule has 0 aromatic heterocycles. The predicted molar refractivity (Wildman–Crippen MR) is 31.0 cm³/mol. The highest BCUT2D eigenvalue weighted by molar-refractivity contribution is 5.35. The molecule has 46 valence electrons. The highest BCUT2D eigenvalue weighted by atomic mass is 16.3. The van der Waals surface area contributed by atoms with Crippen LogP contribution in [-0.2, 0) is 0 Å². The minimum atomic E-state index is -0.723. The maximum atomic E-state index is 8.61. The van der Waals surface area contributed by atoms with Gasteiger partial charge in [-0.2, -0.15) is 10.5 Å². The Hall–Kier alpha value is -1.32. The van der Waals surface area contributed by atoms with Crippen LogP contribution in [0.2, 0.25) is 0 Å². The summed E-state index contributed by atoms with van der Waals surface area (Å²) in [5.74, 6) is 0. The SMILES string of the molecule is CC(O)C=C(C#N)C#N. The minimum absolute atomic E-state index is 0.0509. The minimum Gasteiger partial charge on any atom is -0.389 e. The van der Waals surface area contributed by atoms with Crippen molar-refractivity contribution in [3.05, 3.63) is 11.6 Å². The predicted octanol–water partition coefficient (Wildman–Crippen LogP) is 0.341. The molecule has 1 unspecified atom stereocenters. The standard InChI is InChI=1S/C6H6N2O/c1-5(9)2-6(3-7)4-8/h2,5,9H,1H3. The van der Waals surface area contributed by atoms with E-state index in [1.165, 1.54) is 13.0 Å². The topological polar surface area (TPSA) is 67.8 Å². The van der Waals surface area contributed by atoms with Gasteiger partial charge in [-0.25, -0.2) is 0 Å². The summed E-state index contributed by atoms with van der Waals surface area (Å²) in [5, 5.41) is 24.9. The number of allylic oxidation sites excluding steroid dienone is 1. The number of aliphatic hydroxyl groups excluding tert-OH is 1. The molecule has 0 aliphatic carbocycles. The lowest BCUT2D eigenvalue weighted by molar-refractivity contribution is 0.244. The fourth-order valence-corrected chi connectivity index (χ4v) is 0.341. The first-order chi connectivity index (χ1) is 4.20. The summed E-state index contributed by atoms with van der Waals surface area (Å²) >= 11 is 0. The normalized spacial score (nSPS) is 10.7. The van der Waals surface area contributed by atoms with E-state index in [0.717, 1.165) is 0 Å². The number of nitriles is 2. The lowest BCUT2D eigenvalue weighted by Crippen LogP contribution is -1.93. The lowest BCUT2D eigenvalue weighted by atomic mass is 10.2. The molecule has 1 N–H and O–H groups in total. The Bertz CT molecular complexity index is 176. The van der Waals surface area contributed by atoms with Crippen LogP contribution < -0.4 is 0 Å². The van der Waals surface area contributed by atoms with Crippen LogP contribution in [0, 0.1) is 22.7 Å². The molecule has 0 spiro atoms. The summed E-state index contributed by atoms with van der Waals surface area (Å²) in [4.78, 5) is 0. The molecule has 0 saturated heterocycles. The molecule has 0 saturated carbocycles. The molecular weight excluding hydrogens is 116 g/mol. The summed E-state index contributed by atoms with van der Waals surface area (Å²) in [5.41, 5.74) is -0.0509. The van der Waals surface area contributed by atoms with Crippen LogP contribution in [0.4, 0.5) is 0 Å². The zero-order chi connectivity index (χ0) is 7.28. The quantitative estimate of drug-likeness (QED) is 0.510. The van der Waals surface area contributed by atoms with E-state index in [9.17, 15) is 0 Å². The van der Waals surface area contributed by atoms with Crippen molar-refractivity contribution in [2.45, 2.75) is 13.0 Å². The third kappa shape index (κ3) is 3.28. The highest BCUT2D eigenvalue weighted by Gasteiger charge is 1.93. The van der Waals surface area contributed by atoms with E-state index in [1.54, 1.807) is 12.1 Å². The van der Waals surface area contributed by atoms with Crippen LogP contribution in [0.15, 0.2) is 11.6 Å². The fraction of sp³-hybridized carbons (Fsp3) is 0.333. The van der Waals surface area contributed by atoms with Crippen molar-refractivity contribution in [2.24, 2.45) is 0 Å². The second-order valence-electron chi connectivity index (χ2n) is 1.54. The van der Waals surface area contributed by atoms with Crippen molar-refractivity contribution in [1.29, 1.82) is 10.5 Å². The third-order valence-corrected chi connectivity index (χ3v) is 0.649. The van der Waals surface area contributed by atoms with Gasteiger partial charge >= 0.3 is 0 Å². The van der Waals surface area contributed by atoms with Gasteiger partial charge in [0.25, 0.3) is 0 Å². The van der Waals surface area contributed by atoms with Gasteiger partial charge in [-0.1, -0.05) is 0 Å². The molecule has 0 radical (unpaired) electrons. The van der Waals surface area contributed by atoms with Crippen LogP contribution in [0.5, 0.6) is 0 Å². The molecule has 0 aliphatic rings. The van der Waals surface area contributed by atoms with E-state index in [-0.39, 0.29) is 5.57 Å². The van der Waals surface area contributed by atoms with E-state index < -0.39 is 6.10 Å². The Morgan fingerprint density at radius 3 is 2.11 bits per heavy atom. The average molecular weight is 122 g/mol. The van der Waals surface area contributed by atoms with Crippen molar-refractivity contribution in [2.75, 3.05) is 0 Å². The van der Waals surface area contributed by atoms with Gasteiger partial charge in [0.05, 0.1) is 6.10 Å². The molecule has 1 atom stereocenters. The van der Waals surface area contributed by atoms with Crippen molar-refractivity contribution in [3.63, 3.8) is 0 Å². The molecule has 0 aromatic rings. The number of rotatable bonds is 1. The third-order valence-electron chi connectivity index (χ3n) is 0.649. The molecule has 3 heteroatoms. The van der Waals surface area contributed by atoms with Crippen LogP contribution >= 0.6 is 0 Å². The molecule has 0 amide bonds. The maximum absolute atomic E-state index is 8.61. The Morgan fingerprint density at radius 1 is 1.56 bits per heavy atom. The fourth-order valence-electron chi connectivity index (χ4n) is 0.341. The number of aliphatic hydroxyl groups is 1. The summed E-state index contributed by atoms with van der Waals surface area (Å²) in [7, 11) is 0. The largest absolute Gasteiger partial charge is 0.389 e. The molecule has 0 aliphatic heterocycles. The van der Waals surface area contributed by atoms with Gasteiger partial charge in [0, 0.05) is 0 Å². The molecular formula is C6H6N2O. The van der Waals surface area contributed by atoms with Gasteiger partial charge in [-0.05, 0) is 13.0 Å². The van der Waals surface area contributed by atoms with Gasteiger partial charge in [0.15, 0.2) is 0 Å². The van der Waals surface area contributed by atoms with Gasteiger partial charge < -0.3 is 5.11 Å². The van der Waals surface area contributed by atoms with Gasteiger partial charge in [0.1, 0.15) is 17.7 Å². The lowest BCUT2D eigenvalue weighted by Gasteiger charge is -1.89. The Labute approximate surface area is 53.5 Å². The highest BCUT2D eigenvalue weighted by Crippen LogP contribution is 1.91. The smallest absolute Gasteiger partial charge is 0.128 e. The van der Waals surface area contributed by atoms with Crippen molar-refractivity contribution in [3.8, 4) is 12.1 Å². The number of hydrogen-bond donors (Lipinski definition) is 1. The van der Waals surface area contributed by atoms with Gasteiger partial charge in [-0.15, -0.1) is 0 Å². The summed E-state index contributed by atoms with van der Waals surface area (Å²) < 4.78 is 0. The zero-order valence-corrected chi connectivity index (χ0v) is 5.00. The molecule has 3 nitrogen and oxygen atoms in total. The van der Waals surface area contributed by atoms with Crippen molar-refractivity contribution < 1.29 is 5.11 Å². The molecule has 0 rings (SSSR count). The average Bonchev–Trinajstić information content (AvgIpc) is 1.82. The van der Waals surface area contributed by atoms with Gasteiger partial charge in [0.2, 0.25) is 0 Å². The molecule has 0 fully saturated rings. The number of hydrogen-bond acceptors (Lipinski definition) is 3. The Morgan fingerprint density at radius 2 is 2.00 bits per heavy atom. The summed E-state index contributed by atoms with van der Waals surface area (Å²) in [6, 6.07) is 3.25. The van der Waals surface area contributed by atoms with E-state index in [1.807, 2.05) is 0 Å². The van der Waals surface area contributed by atoms with E-state index in [0.29, 0.717) is 0 Å². The monoisotopic (exact) mass is 122 g/mol. The second-order valence-corrected chi connectivity index (χ2v) is 1.54. The van der Waals surface area contributed by atoms with E-state index in [2.05, 4.69) is 0 Å². The molecule has 0 bridgehead atoms. The molecule has 0 heterocycles. The molecule has 9 heavy (non-hydrogen) atoms. The van der Waals surface area contributed by atoms with Crippen LogP contribution in [-0.4, -0.2) is 11.2 Å². The van der Waals surface area contributed by atoms with Crippen LogP contribution in [0.25, 0.3) is 0 Å².